The number of piperidine rings is 1. The number of imide groups is 1. The highest BCUT2D eigenvalue weighted by molar-refractivity contribution is 6.20. The topological polar surface area (TPSA) is 66.9 Å². The van der Waals surface area contributed by atoms with Crippen LogP contribution < -0.4 is 4.90 Å². The molecule has 3 aliphatic rings. The molecule has 6 heteroatoms. The monoisotopic (exact) mass is 370 g/mol. The summed E-state index contributed by atoms with van der Waals surface area (Å²) in [7, 11) is 0. The van der Waals surface area contributed by atoms with Crippen LogP contribution in [0.25, 0.3) is 0 Å². The van der Waals surface area contributed by atoms with Gasteiger partial charge in [-0.25, -0.2) is 4.90 Å². The summed E-state index contributed by atoms with van der Waals surface area (Å²) >= 11 is 0. The first-order chi connectivity index (χ1) is 12.8. The van der Waals surface area contributed by atoms with Crippen LogP contribution in [0.3, 0.4) is 0 Å². The molecule has 1 saturated carbocycles. The Hall–Kier alpha value is -2.21. The molecular formula is C21H26N2O4. The van der Waals surface area contributed by atoms with Gasteiger partial charge in [0.2, 0.25) is 11.8 Å². The Morgan fingerprint density at radius 3 is 2.56 bits per heavy atom. The van der Waals surface area contributed by atoms with Crippen LogP contribution in [0.2, 0.25) is 0 Å². The Bertz CT molecular complexity index is 812. The Morgan fingerprint density at radius 1 is 1.15 bits per heavy atom. The van der Waals surface area contributed by atoms with Crippen molar-refractivity contribution in [3.8, 4) is 0 Å². The third-order valence-electron chi connectivity index (χ3n) is 7.07. The average Bonchev–Trinajstić information content (AvgIpc) is 2.85. The predicted octanol–water partition coefficient (Wildman–Crippen LogP) is 2.47. The van der Waals surface area contributed by atoms with Crippen molar-refractivity contribution >= 4 is 23.4 Å². The molecule has 0 unspecified atom stereocenters. The molecule has 2 aliphatic heterocycles. The third-order valence-corrected chi connectivity index (χ3v) is 7.07. The Kier molecular flexibility index (Phi) is 4.14. The number of anilines is 1. The van der Waals surface area contributed by atoms with Gasteiger partial charge in [0.25, 0.3) is 5.91 Å². The molecule has 1 aromatic rings. The number of morpholine rings is 1. The van der Waals surface area contributed by atoms with E-state index in [1.165, 1.54) is 4.90 Å². The molecule has 0 spiro atoms. The van der Waals surface area contributed by atoms with E-state index in [1.54, 1.807) is 29.2 Å². The number of rotatable bonds is 2. The van der Waals surface area contributed by atoms with E-state index in [-0.39, 0.29) is 29.1 Å². The molecule has 1 aliphatic carbocycles. The van der Waals surface area contributed by atoms with Gasteiger partial charge in [0.15, 0.2) is 0 Å². The number of amides is 3. The maximum absolute atomic E-state index is 13.3. The largest absolute Gasteiger partial charge is 0.378 e. The first kappa shape index (κ1) is 18.2. The summed E-state index contributed by atoms with van der Waals surface area (Å²) in [4.78, 5) is 42.3. The van der Waals surface area contributed by atoms with Gasteiger partial charge in [-0.2, -0.15) is 0 Å². The number of nitrogens with zero attached hydrogens (tertiary/aromatic N) is 2. The number of ether oxygens (including phenoxy) is 1. The van der Waals surface area contributed by atoms with Gasteiger partial charge in [0, 0.05) is 24.6 Å². The van der Waals surface area contributed by atoms with E-state index in [9.17, 15) is 14.4 Å². The van der Waals surface area contributed by atoms with E-state index in [0.29, 0.717) is 37.6 Å². The molecule has 0 N–H and O–H groups in total. The lowest BCUT2D eigenvalue weighted by Crippen LogP contribution is -2.59. The molecule has 4 rings (SSSR count). The lowest BCUT2D eigenvalue weighted by molar-refractivity contribution is -0.146. The zero-order valence-electron chi connectivity index (χ0n) is 16.2. The average molecular weight is 370 g/mol. The molecule has 2 saturated heterocycles. The minimum absolute atomic E-state index is 0.0911. The molecule has 1 aromatic carbocycles. The highest BCUT2D eigenvalue weighted by Crippen LogP contribution is 2.60. The first-order valence-electron chi connectivity index (χ1n) is 9.63. The van der Waals surface area contributed by atoms with Crippen LogP contribution in [0.5, 0.6) is 0 Å². The van der Waals surface area contributed by atoms with Crippen LogP contribution >= 0.6 is 0 Å². The van der Waals surface area contributed by atoms with Crippen LogP contribution in [0.4, 0.5) is 5.69 Å². The van der Waals surface area contributed by atoms with E-state index in [4.69, 9.17) is 4.74 Å². The summed E-state index contributed by atoms with van der Waals surface area (Å²) in [6.07, 6.45) is 1.45. The number of benzene rings is 1. The summed E-state index contributed by atoms with van der Waals surface area (Å²) in [6.45, 7) is 8.19. The number of hydrogen-bond donors (Lipinski definition) is 0. The van der Waals surface area contributed by atoms with Crippen molar-refractivity contribution in [3.05, 3.63) is 29.8 Å². The zero-order chi connectivity index (χ0) is 19.4. The standard InChI is InChI=1S/C21H26N2O4/c1-20(2)16-7-8-21(20,3)19(26)23(18(16)25)15-6-4-5-14(13-15)17(24)22-9-11-27-12-10-22/h4-6,13,16H,7-12H2,1-3H3/t16-,21+/m0/s1. The Labute approximate surface area is 159 Å². The van der Waals surface area contributed by atoms with E-state index < -0.39 is 5.41 Å². The smallest absolute Gasteiger partial charge is 0.254 e. The van der Waals surface area contributed by atoms with Gasteiger partial charge in [-0.1, -0.05) is 26.8 Å². The third kappa shape index (κ3) is 2.53. The van der Waals surface area contributed by atoms with E-state index >= 15 is 0 Å². The van der Waals surface area contributed by atoms with Gasteiger partial charge in [-0.05, 0) is 36.5 Å². The summed E-state index contributed by atoms with van der Waals surface area (Å²) in [5.74, 6) is -0.552. The van der Waals surface area contributed by atoms with Crippen LogP contribution in [0.1, 0.15) is 44.0 Å². The quantitative estimate of drug-likeness (QED) is 0.750. The molecule has 0 radical (unpaired) electrons. The van der Waals surface area contributed by atoms with Crippen molar-refractivity contribution in [2.75, 3.05) is 31.2 Å². The second-order valence-corrected chi connectivity index (χ2v) is 8.58. The van der Waals surface area contributed by atoms with Gasteiger partial charge in [-0.15, -0.1) is 0 Å². The normalized spacial score (nSPS) is 30.0. The van der Waals surface area contributed by atoms with Crippen LogP contribution in [-0.2, 0) is 14.3 Å². The fourth-order valence-corrected chi connectivity index (χ4v) is 4.79. The zero-order valence-corrected chi connectivity index (χ0v) is 16.2. The number of carbonyl (C=O) groups is 3. The number of carbonyl (C=O) groups excluding carboxylic acids is 3. The van der Waals surface area contributed by atoms with Gasteiger partial charge in [-0.3, -0.25) is 14.4 Å². The maximum Gasteiger partial charge on any atom is 0.254 e. The Morgan fingerprint density at radius 2 is 1.85 bits per heavy atom. The predicted molar refractivity (Wildman–Crippen MR) is 100 cm³/mol. The summed E-state index contributed by atoms with van der Waals surface area (Å²) in [5, 5.41) is 0. The minimum Gasteiger partial charge on any atom is -0.378 e. The Balaban J connectivity index is 1.67. The van der Waals surface area contributed by atoms with Gasteiger partial charge < -0.3 is 9.64 Å². The second-order valence-electron chi connectivity index (χ2n) is 8.58. The molecule has 2 atom stereocenters. The van der Waals surface area contributed by atoms with Crippen LogP contribution in [-0.4, -0.2) is 48.9 Å². The van der Waals surface area contributed by atoms with E-state index in [2.05, 4.69) is 0 Å². The number of fused-ring (bicyclic) bond motifs is 2. The van der Waals surface area contributed by atoms with Gasteiger partial charge in [0.05, 0.1) is 24.3 Å². The lowest BCUT2D eigenvalue weighted by atomic mass is 9.62. The number of hydrogen-bond acceptors (Lipinski definition) is 4. The van der Waals surface area contributed by atoms with Crippen LogP contribution in [0, 0.1) is 16.7 Å². The van der Waals surface area contributed by atoms with Gasteiger partial charge >= 0.3 is 0 Å². The molecule has 0 aromatic heterocycles. The van der Waals surface area contributed by atoms with Crippen molar-refractivity contribution in [2.24, 2.45) is 16.7 Å². The van der Waals surface area contributed by atoms with E-state index in [0.717, 1.165) is 12.8 Å². The van der Waals surface area contributed by atoms with Crippen molar-refractivity contribution in [3.63, 3.8) is 0 Å². The first-order valence-corrected chi connectivity index (χ1v) is 9.63. The van der Waals surface area contributed by atoms with Crippen molar-refractivity contribution < 1.29 is 19.1 Å². The van der Waals surface area contributed by atoms with E-state index in [1.807, 2.05) is 20.8 Å². The second kappa shape index (κ2) is 6.16. The van der Waals surface area contributed by atoms with Crippen molar-refractivity contribution in [1.29, 1.82) is 0 Å². The summed E-state index contributed by atoms with van der Waals surface area (Å²) in [5.41, 5.74) is 0.0874. The van der Waals surface area contributed by atoms with Crippen LogP contribution in [0.15, 0.2) is 24.3 Å². The maximum atomic E-state index is 13.3. The fourth-order valence-electron chi connectivity index (χ4n) is 4.79. The molecule has 6 nitrogen and oxygen atoms in total. The molecule has 2 bridgehead atoms. The minimum atomic E-state index is -0.560. The molecular weight excluding hydrogens is 344 g/mol. The highest BCUT2D eigenvalue weighted by Gasteiger charge is 2.64. The summed E-state index contributed by atoms with van der Waals surface area (Å²) in [6, 6.07) is 6.90. The van der Waals surface area contributed by atoms with Crippen molar-refractivity contribution in [1.82, 2.24) is 4.90 Å². The lowest BCUT2D eigenvalue weighted by Gasteiger charge is -2.47. The molecule has 144 valence electrons. The molecule has 27 heavy (non-hydrogen) atoms. The fraction of sp³-hybridized carbons (Fsp3) is 0.571. The SMILES string of the molecule is CC1(C)[C@H]2CC[C@]1(C)C(=O)N(c1cccc(C(=O)N3CCOCC3)c1)C2=O. The molecule has 2 heterocycles. The highest BCUT2D eigenvalue weighted by atomic mass is 16.5. The van der Waals surface area contributed by atoms with Crippen molar-refractivity contribution in [2.45, 2.75) is 33.6 Å². The van der Waals surface area contributed by atoms with Gasteiger partial charge in [0.1, 0.15) is 0 Å². The molecule has 3 fully saturated rings. The summed E-state index contributed by atoms with van der Waals surface area (Å²) < 4.78 is 5.30. The molecule has 3 amide bonds.